The smallest absolute Gasteiger partial charge is 0.416 e. The quantitative estimate of drug-likeness (QED) is 0.255. The van der Waals surface area contributed by atoms with Gasteiger partial charge in [-0.3, -0.25) is 13.9 Å². The first kappa shape index (κ1) is 34.1. The molecule has 1 saturated carbocycles. The average Bonchev–Trinajstić information content (AvgIpc) is 3.03. The van der Waals surface area contributed by atoms with Gasteiger partial charge in [0.25, 0.3) is 10.0 Å². The molecule has 1 aliphatic rings. The molecule has 0 heterocycles. The van der Waals surface area contributed by atoms with Crippen LogP contribution in [-0.2, 0) is 32.3 Å². The number of rotatable bonds is 11. The molecule has 1 fully saturated rings. The summed E-state index contributed by atoms with van der Waals surface area (Å²) in [6, 6.07) is 15.0. The number of sulfonamides is 1. The summed E-state index contributed by atoms with van der Waals surface area (Å²) in [5.74, 6) is -0.664. The predicted molar refractivity (Wildman–Crippen MR) is 165 cm³/mol. The predicted octanol–water partition coefficient (Wildman–Crippen LogP) is 6.43. The summed E-state index contributed by atoms with van der Waals surface area (Å²) >= 11 is 6.30. The molecule has 1 aliphatic carbocycles. The van der Waals surface area contributed by atoms with Crippen molar-refractivity contribution in [3.8, 4) is 5.75 Å². The van der Waals surface area contributed by atoms with Gasteiger partial charge in [-0.15, -0.1) is 0 Å². The molecular weight excluding hydrogens is 631 g/mol. The zero-order valence-electron chi connectivity index (χ0n) is 24.9. The Labute approximate surface area is 266 Å². The minimum absolute atomic E-state index is 0.0505. The fourth-order valence-corrected chi connectivity index (χ4v) is 6.91. The largest absolute Gasteiger partial charge is 0.497 e. The first-order valence-electron chi connectivity index (χ1n) is 14.5. The van der Waals surface area contributed by atoms with E-state index in [2.05, 4.69) is 5.32 Å². The lowest BCUT2D eigenvalue weighted by molar-refractivity contribution is -0.139. The molecule has 4 rings (SSSR count). The number of carbonyl (C=O) groups is 2. The molecule has 1 atom stereocenters. The van der Waals surface area contributed by atoms with Gasteiger partial charge in [0.1, 0.15) is 18.3 Å². The molecule has 0 radical (unpaired) electrons. The first-order valence-corrected chi connectivity index (χ1v) is 16.3. The third-order valence-electron chi connectivity index (χ3n) is 7.78. The van der Waals surface area contributed by atoms with Gasteiger partial charge in [-0.25, -0.2) is 8.42 Å². The number of nitrogens with zero attached hydrogens (tertiary/aromatic N) is 2. The minimum atomic E-state index is -4.81. The van der Waals surface area contributed by atoms with Crippen molar-refractivity contribution in [2.45, 2.75) is 68.7 Å². The van der Waals surface area contributed by atoms with Crippen LogP contribution in [0.5, 0.6) is 5.75 Å². The Morgan fingerprint density at radius 1 is 1.00 bits per heavy atom. The molecule has 0 aromatic heterocycles. The summed E-state index contributed by atoms with van der Waals surface area (Å²) in [6.07, 6.45) is -0.175. The Morgan fingerprint density at radius 3 is 2.24 bits per heavy atom. The number of alkyl halides is 3. The average molecular weight is 666 g/mol. The van der Waals surface area contributed by atoms with E-state index >= 15 is 0 Å². The first-order chi connectivity index (χ1) is 21.3. The van der Waals surface area contributed by atoms with Gasteiger partial charge in [0, 0.05) is 12.6 Å². The van der Waals surface area contributed by atoms with Crippen LogP contribution in [0, 0.1) is 0 Å². The van der Waals surface area contributed by atoms with E-state index in [0.717, 1.165) is 44.2 Å². The highest BCUT2D eigenvalue weighted by Crippen LogP contribution is 2.37. The third-order valence-corrected chi connectivity index (χ3v) is 9.88. The Bertz CT molecular complexity index is 1580. The van der Waals surface area contributed by atoms with Gasteiger partial charge in [-0.05, 0) is 67.8 Å². The molecule has 0 spiro atoms. The summed E-state index contributed by atoms with van der Waals surface area (Å²) < 4.78 is 74.8. The van der Waals surface area contributed by atoms with Crippen LogP contribution < -0.4 is 14.4 Å². The van der Waals surface area contributed by atoms with E-state index in [4.69, 9.17) is 16.3 Å². The van der Waals surface area contributed by atoms with Crippen molar-refractivity contribution in [1.29, 1.82) is 0 Å². The molecule has 0 saturated heterocycles. The van der Waals surface area contributed by atoms with E-state index in [1.807, 2.05) is 0 Å². The van der Waals surface area contributed by atoms with Crippen molar-refractivity contribution in [3.05, 3.63) is 88.9 Å². The van der Waals surface area contributed by atoms with E-state index in [-0.39, 0.29) is 22.5 Å². The number of anilines is 1. The lowest BCUT2D eigenvalue weighted by atomic mass is 9.95. The normalized spacial score (nSPS) is 14.8. The minimum Gasteiger partial charge on any atom is -0.497 e. The van der Waals surface area contributed by atoms with Gasteiger partial charge >= 0.3 is 6.18 Å². The maximum Gasteiger partial charge on any atom is 0.416 e. The topological polar surface area (TPSA) is 96.0 Å². The number of benzene rings is 3. The summed E-state index contributed by atoms with van der Waals surface area (Å²) in [6.45, 7) is 0.528. The van der Waals surface area contributed by atoms with Crippen molar-refractivity contribution in [2.24, 2.45) is 0 Å². The van der Waals surface area contributed by atoms with E-state index in [1.54, 1.807) is 30.3 Å². The third kappa shape index (κ3) is 8.49. The molecule has 0 aliphatic heterocycles. The maximum atomic E-state index is 14.1. The molecule has 13 heteroatoms. The molecule has 3 aromatic rings. The standard InChI is InChI=1S/C32H35ClF3N3O5S/c1-22(31(41)37-25-9-5-3-6-10-25)38(20-23-13-16-26(44-2)17-14-23)30(40)21-39(45(42,43)27-11-7-4-8-12-27)29-19-24(32(34,35)36)15-18-28(29)33/h4,7-8,11-19,22,25H,3,5-6,9-10,20-21H2,1-2H3,(H,37,41)/t22-/m1/s1. The lowest BCUT2D eigenvalue weighted by Crippen LogP contribution is -2.53. The fourth-order valence-electron chi connectivity index (χ4n) is 5.19. The molecule has 0 bridgehead atoms. The van der Waals surface area contributed by atoms with Crippen molar-refractivity contribution >= 4 is 39.1 Å². The van der Waals surface area contributed by atoms with Crippen LogP contribution >= 0.6 is 11.6 Å². The van der Waals surface area contributed by atoms with Gasteiger partial charge < -0.3 is 15.0 Å². The number of halogens is 4. The zero-order chi connectivity index (χ0) is 32.8. The van der Waals surface area contributed by atoms with Gasteiger partial charge in [0.15, 0.2) is 0 Å². The monoisotopic (exact) mass is 665 g/mol. The van der Waals surface area contributed by atoms with Gasteiger partial charge in [-0.2, -0.15) is 13.2 Å². The summed E-state index contributed by atoms with van der Waals surface area (Å²) in [7, 11) is -3.10. The van der Waals surface area contributed by atoms with Crippen molar-refractivity contribution < 1.29 is 35.9 Å². The molecule has 242 valence electrons. The summed E-state index contributed by atoms with van der Waals surface area (Å²) in [5, 5.41) is 2.70. The number of hydrogen-bond acceptors (Lipinski definition) is 5. The van der Waals surface area contributed by atoms with Crippen LogP contribution in [-0.4, -0.2) is 50.9 Å². The van der Waals surface area contributed by atoms with Crippen LogP contribution in [0.15, 0.2) is 77.7 Å². The highest BCUT2D eigenvalue weighted by molar-refractivity contribution is 7.92. The van der Waals surface area contributed by atoms with Crippen molar-refractivity contribution in [3.63, 3.8) is 0 Å². The van der Waals surface area contributed by atoms with E-state index in [0.29, 0.717) is 21.7 Å². The summed E-state index contributed by atoms with van der Waals surface area (Å²) in [4.78, 5) is 28.5. The second-order valence-electron chi connectivity index (χ2n) is 10.9. The maximum absolute atomic E-state index is 14.1. The second-order valence-corrected chi connectivity index (χ2v) is 13.1. The van der Waals surface area contributed by atoms with Crippen LogP contribution in [0.3, 0.4) is 0 Å². The van der Waals surface area contributed by atoms with Crippen LogP contribution in [0.25, 0.3) is 0 Å². The fraction of sp³-hybridized carbons (Fsp3) is 0.375. The second kappa shape index (κ2) is 14.6. The Hall–Kier alpha value is -3.77. The van der Waals surface area contributed by atoms with Crippen LogP contribution in [0.4, 0.5) is 18.9 Å². The number of carbonyl (C=O) groups excluding carboxylic acids is 2. The Balaban J connectivity index is 1.74. The highest BCUT2D eigenvalue weighted by Gasteiger charge is 2.36. The van der Waals surface area contributed by atoms with E-state index in [9.17, 15) is 31.2 Å². The molecule has 1 N–H and O–H groups in total. The van der Waals surface area contributed by atoms with Gasteiger partial charge in [-0.1, -0.05) is 61.2 Å². The SMILES string of the molecule is COc1ccc(CN(C(=O)CN(c2cc(C(F)(F)F)ccc2Cl)S(=O)(=O)c2ccccc2)[C@H](C)C(=O)NC2CCCCC2)cc1. The van der Waals surface area contributed by atoms with E-state index in [1.165, 1.54) is 43.2 Å². The molecule has 45 heavy (non-hydrogen) atoms. The van der Waals surface area contributed by atoms with Crippen LogP contribution in [0.2, 0.25) is 5.02 Å². The van der Waals surface area contributed by atoms with Crippen molar-refractivity contribution in [1.82, 2.24) is 10.2 Å². The Morgan fingerprint density at radius 2 is 1.64 bits per heavy atom. The van der Waals surface area contributed by atoms with Gasteiger partial charge in [0.05, 0.1) is 28.3 Å². The number of methoxy groups -OCH3 is 1. The van der Waals surface area contributed by atoms with E-state index < -0.39 is 51.9 Å². The molecule has 3 aromatic carbocycles. The number of amides is 2. The van der Waals surface area contributed by atoms with Crippen LogP contribution in [0.1, 0.15) is 50.2 Å². The highest BCUT2D eigenvalue weighted by atomic mass is 35.5. The lowest BCUT2D eigenvalue weighted by Gasteiger charge is -2.33. The Kier molecular flexibility index (Phi) is 11.0. The molecule has 0 unspecified atom stereocenters. The zero-order valence-corrected chi connectivity index (χ0v) is 26.5. The molecular formula is C32H35ClF3N3O5S. The van der Waals surface area contributed by atoms with Crippen molar-refractivity contribution in [2.75, 3.05) is 18.0 Å². The molecule has 2 amide bonds. The number of ether oxygens (including phenoxy) is 1. The van der Waals surface area contributed by atoms with Gasteiger partial charge in [0.2, 0.25) is 11.8 Å². The molecule has 8 nitrogen and oxygen atoms in total. The number of nitrogens with one attached hydrogen (secondary N) is 1. The number of hydrogen-bond donors (Lipinski definition) is 1. The summed E-state index contributed by atoms with van der Waals surface area (Å²) in [5.41, 5.74) is -1.04.